The first-order valence-electron chi connectivity index (χ1n) is 5.63. The molecule has 0 saturated heterocycles. The van der Waals surface area contributed by atoms with Crippen LogP contribution in [0.15, 0.2) is 5.38 Å². The monoisotopic (exact) mass is 241 g/mol. The molecule has 1 N–H and O–H groups in total. The van der Waals surface area contributed by atoms with E-state index in [-0.39, 0.29) is 5.54 Å². The van der Waals surface area contributed by atoms with Crippen LogP contribution >= 0.6 is 11.3 Å². The summed E-state index contributed by atoms with van der Waals surface area (Å²) in [4.78, 5) is 6.79. The zero-order chi connectivity index (χ0) is 12.3. The molecule has 16 heavy (non-hydrogen) atoms. The molecule has 0 aromatic carbocycles. The molecule has 0 fully saturated rings. The maximum Gasteiger partial charge on any atom is 0.0944 e. The van der Waals surface area contributed by atoms with Crippen molar-refractivity contribution in [1.29, 1.82) is 0 Å². The second kappa shape index (κ2) is 5.25. The first kappa shape index (κ1) is 13.6. The molecule has 1 aromatic rings. The van der Waals surface area contributed by atoms with Gasteiger partial charge in [-0.2, -0.15) is 0 Å². The lowest BCUT2D eigenvalue weighted by atomic mass is 9.91. The van der Waals surface area contributed by atoms with Gasteiger partial charge >= 0.3 is 0 Å². The van der Waals surface area contributed by atoms with E-state index in [2.05, 4.69) is 48.5 Å². The van der Waals surface area contributed by atoms with Gasteiger partial charge in [0.2, 0.25) is 0 Å². The predicted molar refractivity (Wildman–Crippen MR) is 71.2 cm³/mol. The van der Waals surface area contributed by atoms with E-state index in [9.17, 15) is 0 Å². The van der Waals surface area contributed by atoms with E-state index < -0.39 is 0 Å². The number of nitrogens with one attached hydrogen (secondary N) is 1. The Morgan fingerprint density at radius 3 is 2.50 bits per heavy atom. The van der Waals surface area contributed by atoms with Gasteiger partial charge in [-0.05, 0) is 41.9 Å². The van der Waals surface area contributed by atoms with Crippen LogP contribution in [0.3, 0.4) is 0 Å². The molecule has 0 saturated carbocycles. The third-order valence-corrected chi connectivity index (χ3v) is 4.39. The number of likely N-dealkylation sites (N-methyl/N-ethyl adjacent to an activating group) is 2. The van der Waals surface area contributed by atoms with Gasteiger partial charge in [-0.1, -0.05) is 0 Å². The van der Waals surface area contributed by atoms with Gasteiger partial charge in [0, 0.05) is 29.1 Å². The molecule has 1 unspecified atom stereocenters. The second-order valence-corrected chi connectivity index (χ2v) is 5.92. The van der Waals surface area contributed by atoms with Gasteiger partial charge in [0.15, 0.2) is 0 Å². The molecule has 0 spiro atoms. The molecule has 1 rings (SSSR count). The van der Waals surface area contributed by atoms with Crippen molar-refractivity contribution in [2.75, 3.05) is 21.1 Å². The summed E-state index contributed by atoms with van der Waals surface area (Å²) in [5.74, 6) is 0. The largest absolute Gasteiger partial charge is 0.315 e. The van der Waals surface area contributed by atoms with Crippen LogP contribution in [0.1, 0.15) is 24.5 Å². The van der Waals surface area contributed by atoms with Crippen LogP contribution in [0.25, 0.3) is 0 Å². The summed E-state index contributed by atoms with van der Waals surface area (Å²) < 4.78 is 0. The molecule has 0 aliphatic rings. The molecular weight excluding hydrogens is 218 g/mol. The number of aromatic nitrogens is 1. The smallest absolute Gasteiger partial charge is 0.0944 e. The maximum atomic E-state index is 4.53. The van der Waals surface area contributed by atoms with Crippen molar-refractivity contribution < 1.29 is 0 Å². The predicted octanol–water partition coefficient (Wildman–Crippen LogP) is 1.92. The molecule has 1 atom stereocenters. The average Bonchev–Trinajstić information content (AvgIpc) is 2.60. The standard InChI is InChI=1S/C12H23N3S/c1-9-8-16-11(14-9)7-10(13-4)12(2,3)15(5)6/h8,10,13H,7H2,1-6H3. The first-order valence-corrected chi connectivity index (χ1v) is 6.51. The summed E-state index contributed by atoms with van der Waals surface area (Å²) in [5.41, 5.74) is 1.24. The van der Waals surface area contributed by atoms with Crippen molar-refractivity contribution in [3.05, 3.63) is 16.1 Å². The van der Waals surface area contributed by atoms with E-state index >= 15 is 0 Å². The molecule has 0 aliphatic heterocycles. The Labute approximate surface area is 103 Å². The topological polar surface area (TPSA) is 28.2 Å². The molecule has 1 heterocycles. The van der Waals surface area contributed by atoms with E-state index in [0.29, 0.717) is 6.04 Å². The van der Waals surface area contributed by atoms with E-state index in [1.807, 2.05) is 14.0 Å². The first-order chi connectivity index (χ1) is 7.37. The van der Waals surface area contributed by atoms with Crippen molar-refractivity contribution in [3.8, 4) is 0 Å². The molecule has 92 valence electrons. The summed E-state index contributed by atoms with van der Waals surface area (Å²) >= 11 is 1.75. The quantitative estimate of drug-likeness (QED) is 0.854. The minimum absolute atomic E-state index is 0.119. The molecule has 0 amide bonds. The number of hydrogen-bond donors (Lipinski definition) is 1. The third kappa shape index (κ3) is 3.03. The zero-order valence-electron chi connectivity index (χ0n) is 11.2. The number of rotatable bonds is 5. The Morgan fingerprint density at radius 1 is 1.50 bits per heavy atom. The van der Waals surface area contributed by atoms with Crippen molar-refractivity contribution in [1.82, 2.24) is 15.2 Å². The molecule has 4 heteroatoms. The van der Waals surface area contributed by atoms with Crippen LogP contribution in [0.5, 0.6) is 0 Å². The Morgan fingerprint density at radius 2 is 2.12 bits per heavy atom. The van der Waals surface area contributed by atoms with Gasteiger partial charge in [0.1, 0.15) is 0 Å². The third-order valence-electron chi connectivity index (χ3n) is 3.40. The fourth-order valence-corrected chi connectivity index (χ4v) is 2.51. The molecule has 0 aliphatic carbocycles. The van der Waals surface area contributed by atoms with Crippen LogP contribution in [0, 0.1) is 6.92 Å². The van der Waals surface area contributed by atoms with Crippen LogP contribution in [0.4, 0.5) is 0 Å². The molecule has 0 radical (unpaired) electrons. The number of aryl methyl sites for hydroxylation is 1. The molecular formula is C12H23N3S. The van der Waals surface area contributed by atoms with E-state index in [1.54, 1.807) is 11.3 Å². The van der Waals surface area contributed by atoms with Crippen molar-refractivity contribution in [2.24, 2.45) is 0 Å². The number of thiazole rings is 1. The van der Waals surface area contributed by atoms with Crippen LogP contribution in [-0.4, -0.2) is 42.6 Å². The van der Waals surface area contributed by atoms with Crippen LogP contribution in [0.2, 0.25) is 0 Å². The number of hydrogen-bond acceptors (Lipinski definition) is 4. The Balaban J connectivity index is 2.76. The van der Waals surface area contributed by atoms with Crippen molar-refractivity contribution in [3.63, 3.8) is 0 Å². The van der Waals surface area contributed by atoms with E-state index in [4.69, 9.17) is 0 Å². The Kier molecular flexibility index (Phi) is 4.47. The Bertz CT molecular complexity index is 331. The lowest BCUT2D eigenvalue weighted by molar-refractivity contribution is 0.141. The highest BCUT2D eigenvalue weighted by Gasteiger charge is 2.31. The maximum absolute atomic E-state index is 4.53. The van der Waals surface area contributed by atoms with Gasteiger partial charge in [-0.15, -0.1) is 11.3 Å². The second-order valence-electron chi connectivity index (χ2n) is 4.98. The van der Waals surface area contributed by atoms with Crippen molar-refractivity contribution in [2.45, 2.75) is 38.8 Å². The van der Waals surface area contributed by atoms with Gasteiger partial charge in [-0.3, -0.25) is 0 Å². The van der Waals surface area contributed by atoms with Gasteiger partial charge < -0.3 is 10.2 Å². The minimum Gasteiger partial charge on any atom is -0.315 e. The Hall–Kier alpha value is -0.450. The van der Waals surface area contributed by atoms with Gasteiger partial charge in [-0.25, -0.2) is 4.98 Å². The molecule has 0 bridgehead atoms. The zero-order valence-corrected chi connectivity index (χ0v) is 12.0. The van der Waals surface area contributed by atoms with Crippen LogP contribution in [-0.2, 0) is 6.42 Å². The van der Waals surface area contributed by atoms with Crippen molar-refractivity contribution >= 4 is 11.3 Å². The van der Waals surface area contributed by atoms with Gasteiger partial charge in [0.25, 0.3) is 0 Å². The molecule has 3 nitrogen and oxygen atoms in total. The van der Waals surface area contributed by atoms with E-state index in [1.165, 1.54) is 5.01 Å². The average molecular weight is 241 g/mol. The fourth-order valence-electron chi connectivity index (χ4n) is 1.69. The van der Waals surface area contributed by atoms with Gasteiger partial charge in [0.05, 0.1) is 5.01 Å². The number of nitrogens with zero attached hydrogens (tertiary/aromatic N) is 2. The summed E-state index contributed by atoms with van der Waals surface area (Å²) in [6.45, 7) is 6.56. The highest BCUT2D eigenvalue weighted by atomic mass is 32.1. The highest BCUT2D eigenvalue weighted by Crippen LogP contribution is 2.21. The van der Waals surface area contributed by atoms with E-state index in [0.717, 1.165) is 12.1 Å². The van der Waals surface area contributed by atoms with Crippen LogP contribution < -0.4 is 5.32 Å². The minimum atomic E-state index is 0.119. The lowest BCUT2D eigenvalue weighted by Gasteiger charge is -2.39. The lowest BCUT2D eigenvalue weighted by Crippen LogP contribution is -2.55. The normalized spacial score (nSPS) is 14.4. The summed E-state index contributed by atoms with van der Waals surface area (Å²) in [5, 5.41) is 6.74. The fraction of sp³-hybridized carbons (Fsp3) is 0.750. The summed E-state index contributed by atoms with van der Waals surface area (Å²) in [7, 11) is 6.27. The summed E-state index contributed by atoms with van der Waals surface area (Å²) in [6.07, 6.45) is 0.986. The SMILES string of the molecule is CNC(Cc1nc(C)cs1)C(C)(C)N(C)C. The highest BCUT2D eigenvalue weighted by molar-refractivity contribution is 7.09. The summed E-state index contributed by atoms with van der Waals surface area (Å²) in [6, 6.07) is 0.410. The molecule has 1 aromatic heterocycles.